The molecule has 0 N–H and O–H groups in total. The third-order valence-corrected chi connectivity index (χ3v) is 5.17. The molecule has 1 aliphatic rings. The molecule has 0 saturated carbocycles. The second kappa shape index (κ2) is 9.59. The monoisotopic (exact) mass is 360 g/mol. The molecule has 0 spiro atoms. The van der Waals surface area contributed by atoms with Gasteiger partial charge in [-0.05, 0) is 35.6 Å². The van der Waals surface area contributed by atoms with Gasteiger partial charge in [0.15, 0.2) is 0 Å². The maximum absolute atomic E-state index is 11.9. The van der Waals surface area contributed by atoms with Crippen LogP contribution in [0.3, 0.4) is 0 Å². The number of carbonyl (C=O) groups excluding carboxylic acids is 1. The van der Waals surface area contributed by atoms with Crippen molar-refractivity contribution in [1.29, 1.82) is 0 Å². The quantitative estimate of drug-likeness (QED) is 0.600. The van der Waals surface area contributed by atoms with Crippen LogP contribution in [0.4, 0.5) is 0 Å². The second-order valence-electron chi connectivity index (χ2n) is 6.87. The molecule has 0 aliphatic carbocycles. The summed E-state index contributed by atoms with van der Waals surface area (Å²) >= 11 is 0. The Morgan fingerprint density at radius 2 is 1.92 bits per heavy atom. The van der Waals surface area contributed by atoms with E-state index >= 15 is 0 Å². The van der Waals surface area contributed by atoms with E-state index in [0.29, 0.717) is 23.7 Å². The largest absolute Gasteiger partial charge is 1.00 e. The van der Waals surface area contributed by atoms with E-state index in [1.165, 1.54) is 12.8 Å². The zero-order valence-corrected chi connectivity index (χ0v) is 18.0. The fraction of sp³-hybridized carbons (Fsp3) is 0.409. The minimum atomic E-state index is -1.10. The number of carboxylic acid groups (broad SMARTS) is 1. The summed E-state index contributed by atoms with van der Waals surface area (Å²) < 4.78 is 5.93. The summed E-state index contributed by atoms with van der Waals surface area (Å²) in [5.74, 6) is 0.859. The molecule has 0 radical (unpaired) electrons. The van der Waals surface area contributed by atoms with Crippen molar-refractivity contribution in [3.8, 4) is 11.5 Å². The summed E-state index contributed by atoms with van der Waals surface area (Å²) in [5.41, 5.74) is 2.99. The zero-order valence-electron chi connectivity index (χ0n) is 16.0. The second-order valence-corrected chi connectivity index (χ2v) is 6.87. The summed E-state index contributed by atoms with van der Waals surface area (Å²) in [5, 5.41) is 11.9. The number of carbonyl (C=O) groups is 1. The number of fused-ring (bicyclic) bond motifs is 2. The van der Waals surface area contributed by atoms with E-state index in [0.717, 1.165) is 41.7 Å². The molecule has 26 heavy (non-hydrogen) atoms. The average molecular weight is 360 g/mol. The van der Waals surface area contributed by atoms with Crippen LogP contribution in [-0.2, 0) is 12.8 Å². The molecular weight excluding hydrogens is 335 g/mol. The number of hydrogen-bond acceptors (Lipinski definition) is 3. The number of ether oxygens (including phenoxy) is 1. The van der Waals surface area contributed by atoms with Crippen LogP contribution in [0.1, 0.15) is 66.6 Å². The molecule has 1 unspecified atom stereocenters. The molecule has 3 rings (SSSR count). The van der Waals surface area contributed by atoms with Gasteiger partial charge in [-0.2, -0.15) is 0 Å². The molecule has 1 atom stereocenters. The Balaban J connectivity index is 0.00000243. The van der Waals surface area contributed by atoms with Crippen LogP contribution in [0.15, 0.2) is 36.4 Å². The summed E-state index contributed by atoms with van der Waals surface area (Å²) in [6.45, 7) is 4.36. The summed E-state index contributed by atoms with van der Waals surface area (Å²) in [6, 6.07) is 11.6. The Kier molecular flexibility index (Phi) is 7.75. The normalized spacial score (nSPS) is 13.0. The Labute approximate surface area is 178 Å². The van der Waals surface area contributed by atoms with Gasteiger partial charge in [-0.15, -0.1) is 0 Å². The van der Waals surface area contributed by atoms with Gasteiger partial charge < -0.3 is 14.6 Å². The van der Waals surface area contributed by atoms with Gasteiger partial charge in [-0.3, -0.25) is 0 Å². The van der Waals surface area contributed by atoms with Gasteiger partial charge in [0.25, 0.3) is 0 Å². The molecule has 0 saturated heterocycles. The standard InChI is InChI=1S/C22H26O3.Na/c1-3-5-8-15(4-2)13-17-11-12-20-18(21(17)22(23)24)14-16-9-6-7-10-19(16)25-20;/h6-7,9-12,15H,3-5,8,13-14H2,1-2H3,(H,23,24);/q;+1/p-1. The van der Waals surface area contributed by atoms with E-state index in [4.69, 9.17) is 4.74 Å². The maximum atomic E-state index is 11.9. The van der Waals surface area contributed by atoms with Gasteiger partial charge >= 0.3 is 29.6 Å². The molecule has 1 aliphatic heterocycles. The molecular formula is C22H25NaO3. The molecule has 4 heteroatoms. The number of carboxylic acids is 1. The third kappa shape index (κ3) is 4.51. The molecule has 1 heterocycles. The molecule has 2 aromatic carbocycles. The number of hydrogen-bond donors (Lipinski definition) is 0. The van der Waals surface area contributed by atoms with E-state index < -0.39 is 5.97 Å². The smallest absolute Gasteiger partial charge is 0.545 e. The number of benzene rings is 2. The van der Waals surface area contributed by atoms with Crippen LogP contribution >= 0.6 is 0 Å². The first-order valence-corrected chi connectivity index (χ1v) is 9.25. The van der Waals surface area contributed by atoms with Crippen LogP contribution in [0.2, 0.25) is 0 Å². The number of para-hydroxylation sites is 1. The molecule has 0 bridgehead atoms. The van der Waals surface area contributed by atoms with Crippen LogP contribution < -0.4 is 39.4 Å². The molecule has 132 valence electrons. The fourth-order valence-corrected chi connectivity index (χ4v) is 3.69. The van der Waals surface area contributed by atoms with E-state index in [2.05, 4.69) is 13.8 Å². The molecule has 0 amide bonds. The predicted molar refractivity (Wildman–Crippen MR) is 97.1 cm³/mol. The van der Waals surface area contributed by atoms with Gasteiger partial charge in [0.1, 0.15) is 11.5 Å². The number of unbranched alkanes of at least 4 members (excludes halogenated alkanes) is 1. The first kappa shape index (κ1) is 21.0. The van der Waals surface area contributed by atoms with Gasteiger partial charge in [0, 0.05) is 17.5 Å². The van der Waals surface area contributed by atoms with Gasteiger partial charge in [0.05, 0.1) is 5.97 Å². The fourth-order valence-electron chi connectivity index (χ4n) is 3.69. The molecule has 0 fully saturated rings. The van der Waals surface area contributed by atoms with Crippen LogP contribution in [-0.4, -0.2) is 5.97 Å². The minimum Gasteiger partial charge on any atom is -0.545 e. The van der Waals surface area contributed by atoms with Crippen molar-refractivity contribution in [3.05, 3.63) is 58.7 Å². The maximum Gasteiger partial charge on any atom is 1.00 e. The molecule has 2 aromatic rings. The van der Waals surface area contributed by atoms with Crippen molar-refractivity contribution in [3.63, 3.8) is 0 Å². The Hall–Kier alpha value is -1.29. The predicted octanol–water partition coefficient (Wildman–Crippen LogP) is 1.51. The van der Waals surface area contributed by atoms with Crippen LogP contribution in [0, 0.1) is 5.92 Å². The van der Waals surface area contributed by atoms with E-state index in [-0.39, 0.29) is 29.6 Å². The Morgan fingerprint density at radius 3 is 2.62 bits per heavy atom. The Morgan fingerprint density at radius 1 is 1.15 bits per heavy atom. The van der Waals surface area contributed by atoms with Crippen molar-refractivity contribution in [1.82, 2.24) is 0 Å². The van der Waals surface area contributed by atoms with Crippen molar-refractivity contribution < 1.29 is 44.2 Å². The minimum absolute atomic E-state index is 0. The third-order valence-electron chi connectivity index (χ3n) is 5.17. The molecule has 0 aromatic heterocycles. The average Bonchev–Trinajstić information content (AvgIpc) is 2.62. The van der Waals surface area contributed by atoms with Gasteiger partial charge in [-0.1, -0.05) is 63.8 Å². The molecule has 3 nitrogen and oxygen atoms in total. The summed E-state index contributed by atoms with van der Waals surface area (Å²) in [7, 11) is 0. The topological polar surface area (TPSA) is 49.4 Å². The van der Waals surface area contributed by atoms with E-state index in [1.54, 1.807) is 0 Å². The first-order chi connectivity index (χ1) is 12.1. The summed E-state index contributed by atoms with van der Waals surface area (Å²) in [4.78, 5) is 11.9. The zero-order chi connectivity index (χ0) is 17.8. The van der Waals surface area contributed by atoms with Crippen LogP contribution in [0.25, 0.3) is 0 Å². The van der Waals surface area contributed by atoms with Crippen molar-refractivity contribution >= 4 is 5.97 Å². The first-order valence-electron chi connectivity index (χ1n) is 9.25. The number of aromatic carboxylic acids is 1. The van der Waals surface area contributed by atoms with E-state index in [9.17, 15) is 9.90 Å². The number of rotatable bonds is 7. The SMILES string of the molecule is CCCCC(CC)Cc1ccc2c(c1C(=O)[O-])Cc1ccccc1O2.[Na+]. The van der Waals surface area contributed by atoms with Crippen LogP contribution in [0.5, 0.6) is 11.5 Å². The Bertz CT molecular complexity index is 770. The van der Waals surface area contributed by atoms with E-state index in [1.807, 2.05) is 36.4 Å². The van der Waals surface area contributed by atoms with Gasteiger partial charge in [-0.25, -0.2) is 0 Å². The van der Waals surface area contributed by atoms with Gasteiger partial charge in [0.2, 0.25) is 0 Å². The van der Waals surface area contributed by atoms with Crippen molar-refractivity contribution in [2.24, 2.45) is 5.92 Å². The summed E-state index contributed by atoms with van der Waals surface area (Å²) in [6.07, 6.45) is 5.90. The van der Waals surface area contributed by atoms with Crippen molar-refractivity contribution in [2.75, 3.05) is 0 Å². The van der Waals surface area contributed by atoms with Crippen molar-refractivity contribution in [2.45, 2.75) is 52.4 Å².